The van der Waals surface area contributed by atoms with Gasteiger partial charge in [0, 0.05) is 18.8 Å². The number of morpholine rings is 1. The largest absolute Gasteiger partial charge is 0.386 e. The average molecular weight is 404 g/mol. The molecule has 0 spiro atoms. The molecule has 2 N–H and O–H groups in total. The molecule has 1 fully saturated rings. The van der Waals surface area contributed by atoms with Crippen LogP contribution >= 0.6 is 11.3 Å². The van der Waals surface area contributed by atoms with Crippen LogP contribution in [0.4, 0.5) is 5.69 Å². The van der Waals surface area contributed by atoms with Crippen molar-refractivity contribution in [2.75, 3.05) is 38.3 Å². The molecule has 2 heterocycles. The molecule has 3 rings (SSSR count). The van der Waals surface area contributed by atoms with Crippen LogP contribution in [0.1, 0.15) is 28.3 Å². The van der Waals surface area contributed by atoms with Gasteiger partial charge in [0.25, 0.3) is 5.91 Å². The number of thiophene rings is 1. The maximum atomic E-state index is 12.2. The Morgan fingerprint density at radius 1 is 1.39 bits per heavy atom. The summed E-state index contributed by atoms with van der Waals surface area (Å²) in [5.74, 6) is -0.327. The fraction of sp³-hybridized carbons (Fsp3) is 0.400. The molecular formula is C20H24N2O5S. The number of aliphatic hydroxyl groups excluding tert-OH is 1. The van der Waals surface area contributed by atoms with Crippen molar-refractivity contribution in [2.45, 2.75) is 19.1 Å². The maximum absolute atomic E-state index is 12.2. The number of carbonyl (C=O) groups is 2. The van der Waals surface area contributed by atoms with Gasteiger partial charge in [0.15, 0.2) is 0 Å². The zero-order valence-corrected chi connectivity index (χ0v) is 16.5. The SMILES string of the molecule is CCOCCN1C(=O)COCC1C(O)c1ccc(NC(=O)c2cccs2)cc1. The topological polar surface area (TPSA) is 88.1 Å². The van der Waals surface area contributed by atoms with E-state index in [-0.39, 0.29) is 25.0 Å². The van der Waals surface area contributed by atoms with Crippen molar-refractivity contribution in [3.8, 4) is 0 Å². The van der Waals surface area contributed by atoms with E-state index in [0.717, 1.165) is 0 Å². The molecule has 0 aliphatic carbocycles. The first-order valence-electron chi connectivity index (χ1n) is 9.18. The highest BCUT2D eigenvalue weighted by atomic mass is 32.1. The Morgan fingerprint density at radius 3 is 2.86 bits per heavy atom. The van der Waals surface area contributed by atoms with Gasteiger partial charge in [0.05, 0.1) is 24.1 Å². The standard InChI is InChI=1S/C20H24N2O5S/c1-2-26-10-9-22-16(12-27-13-18(22)23)19(24)14-5-7-15(8-6-14)21-20(25)17-4-3-11-28-17/h3-8,11,16,19,24H,2,9-10,12-13H2,1H3,(H,21,25). The van der Waals surface area contributed by atoms with Gasteiger partial charge in [-0.3, -0.25) is 9.59 Å². The lowest BCUT2D eigenvalue weighted by molar-refractivity contribution is -0.155. The number of nitrogens with zero attached hydrogens (tertiary/aromatic N) is 1. The van der Waals surface area contributed by atoms with Gasteiger partial charge in [0.1, 0.15) is 12.7 Å². The molecule has 0 radical (unpaired) electrons. The third-order valence-corrected chi connectivity index (χ3v) is 5.40. The van der Waals surface area contributed by atoms with Crippen LogP contribution in [0.5, 0.6) is 0 Å². The Balaban J connectivity index is 1.66. The molecule has 1 aliphatic rings. The lowest BCUT2D eigenvalue weighted by atomic mass is 10.00. The zero-order chi connectivity index (χ0) is 19.9. The van der Waals surface area contributed by atoms with Gasteiger partial charge < -0.3 is 24.8 Å². The van der Waals surface area contributed by atoms with Gasteiger partial charge in [-0.15, -0.1) is 11.3 Å². The van der Waals surface area contributed by atoms with Gasteiger partial charge in [-0.1, -0.05) is 18.2 Å². The molecule has 1 aromatic heterocycles. The number of anilines is 1. The minimum atomic E-state index is -0.895. The van der Waals surface area contributed by atoms with Crippen LogP contribution < -0.4 is 5.32 Å². The van der Waals surface area contributed by atoms with Crippen molar-refractivity contribution in [1.29, 1.82) is 0 Å². The van der Waals surface area contributed by atoms with E-state index in [2.05, 4.69) is 5.32 Å². The summed E-state index contributed by atoms with van der Waals surface area (Å²) in [6.45, 7) is 3.57. The number of amides is 2. The Morgan fingerprint density at radius 2 is 2.18 bits per heavy atom. The fourth-order valence-electron chi connectivity index (χ4n) is 3.07. The number of nitrogens with one attached hydrogen (secondary N) is 1. The molecule has 0 bridgehead atoms. The van der Waals surface area contributed by atoms with E-state index in [1.54, 1.807) is 35.2 Å². The summed E-state index contributed by atoms with van der Waals surface area (Å²) >= 11 is 1.37. The lowest BCUT2D eigenvalue weighted by Crippen LogP contribution is -2.53. The van der Waals surface area contributed by atoms with Gasteiger partial charge in [-0.2, -0.15) is 0 Å². The number of aliphatic hydroxyl groups is 1. The van der Waals surface area contributed by atoms with Crippen molar-refractivity contribution in [2.24, 2.45) is 0 Å². The summed E-state index contributed by atoms with van der Waals surface area (Å²) in [6.07, 6.45) is -0.895. The third-order valence-electron chi connectivity index (χ3n) is 4.53. The molecule has 0 saturated carbocycles. The van der Waals surface area contributed by atoms with Gasteiger partial charge in [-0.25, -0.2) is 0 Å². The zero-order valence-electron chi connectivity index (χ0n) is 15.7. The molecule has 28 heavy (non-hydrogen) atoms. The molecule has 2 unspecified atom stereocenters. The molecule has 7 nitrogen and oxygen atoms in total. The number of carbonyl (C=O) groups excluding carboxylic acids is 2. The second kappa shape index (κ2) is 9.79. The Labute approximate surface area is 167 Å². The highest BCUT2D eigenvalue weighted by Gasteiger charge is 2.34. The number of hydrogen-bond acceptors (Lipinski definition) is 6. The summed E-state index contributed by atoms with van der Waals surface area (Å²) in [5.41, 5.74) is 1.29. The Bertz CT molecular complexity index is 778. The highest BCUT2D eigenvalue weighted by Crippen LogP contribution is 2.25. The minimum Gasteiger partial charge on any atom is -0.386 e. The van der Waals surface area contributed by atoms with E-state index in [1.165, 1.54) is 11.3 Å². The highest BCUT2D eigenvalue weighted by molar-refractivity contribution is 7.12. The molecule has 1 saturated heterocycles. The van der Waals surface area contributed by atoms with Crippen LogP contribution in [-0.4, -0.2) is 60.8 Å². The van der Waals surface area contributed by atoms with Crippen LogP contribution in [0, 0.1) is 0 Å². The first kappa shape index (κ1) is 20.5. The van der Waals surface area contributed by atoms with E-state index in [0.29, 0.717) is 35.9 Å². The molecule has 2 amide bonds. The summed E-state index contributed by atoms with van der Waals surface area (Å²) in [5, 5.41) is 15.5. The van der Waals surface area contributed by atoms with Crippen molar-refractivity contribution in [1.82, 2.24) is 4.90 Å². The van der Waals surface area contributed by atoms with Crippen molar-refractivity contribution >= 4 is 28.8 Å². The number of benzene rings is 1. The fourth-order valence-corrected chi connectivity index (χ4v) is 3.69. The molecule has 8 heteroatoms. The Kier molecular flexibility index (Phi) is 7.16. The number of rotatable bonds is 8. The van der Waals surface area contributed by atoms with Crippen LogP contribution in [0.3, 0.4) is 0 Å². The second-order valence-electron chi connectivity index (χ2n) is 6.36. The minimum absolute atomic E-state index is 0.0169. The quantitative estimate of drug-likeness (QED) is 0.659. The monoisotopic (exact) mass is 404 g/mol. The summed E-state index contributed by atoms with van der Waals surface area (Å²) in [7, 11) is 0. The molecule has 1 aromatic carbocycles. The smallest absolute Gasteiger partial charge is 0.265 e. The van der Waals surface area contributed by atoms with Crippen molar-refractivity contribution < 1.29 is 24.2 Å². The van der Waals surface area contributed by atoms with E-state index in [1.807, 2.05) is 18.4 Å². The van der Waals surface area contributed by atoms with Gasteiger partial charge in [-0.05, 0) is 36.1 Å². The molecule has 2 atom stereocenters. The molecule has 2 aromatic rings. The van der Waals surface area contributed by atoms with Crippen LogP contribution in [-0.2, 0) is 14.3 Å². The summed E-state index contributed by atoms with van der Waals surface area (Å²) < 4.78 is 10.7. The van der Waals surface area contributed by atoms with E-state index >= 15 is 0 Å². The summed E-state index contributed by atoms with van der Waals surface area (Å²) in [6, 6.07) is 10.1. The van der Waals surface area contributed by atoms with E-state index < -0.39 is 12.1 Å². The number of ether oxygens (including phenoxy) is 2. The third kappa shape index (κ3) is 4.96. The van der Waals surface area contributed by atoms with Gasteiger partial charge >= 0.3 is 0 Å². The normalized spacial score (nSPS) is 18.1. The van der Waals surface area contributed by atoms with Crippen LogP contribution in [0.25, 0.3) is 0 Å². The van der Waals surface area contributed by atoms with Crippen molar-refractivity contribution in [3.63, 3.8) is 0 Å². The molecule has 150 valence electrons. The second-order valence-corrected chi connectivity index (χ2v) is 7.31. The van der Waals surface area contributed by atoms with Crippen molar-refractivity contribution in [3.05, 3.63) is 52.2 Å². The number of hydrogen-bond donors (Lipinski definition) is 2. The van der Waals surface area contributed by atoms with E-state index in [4.69, 9.17) is 9.47 Å². The van der Waals surface area contributed by atoms with Crippen LogP contribution in [0.2, 0.25) is 0 Å². The van der Waals surface area contributed by atoms with E-state index in [9.17, 15) is 14.7 Å². The predicted molar refractivity (Wildman–Crippen MR) is 106 cm³/mol. The van der Waals surface area contributed by atoms with Gasteiger partial charge in [0.2, 0.25) is 5.91 Å². The first-order chi connectivity index (χ1) is 13.6. The maximum Gasteiger partial charge on any atom is 0.265 e. The van der Waals surface area contributed by atoms with Crippen LogP contribution in [0.15, 0.2) is 41.8 Å². The lowest BCUT2D eigenvalue weighted by Gasteiger charge is -2.38. The first-order valence-corrected chi connectivity index (χ1v) is 10.1. The Hall–Kier alpha value is -2.26. The molecule has 1 aliphatic heterocycles. The average Bonchev–Trinajstić information content (AvgIpc) is 3.24. The predicted octanol–water partition coefficient (Wildman–Crippen LogP) is 2.30. The molecular weight excluding hydrogens is 380 g/mol. The summed E-state index contributed by atoms with van der Waals surface area (Å²) in [4.78, 5) is 26.6.